The Labute approximate surface area is 162 Å². The molecule has 2 N–H and O–H groups in total. The second-order valence-corrected chi connectivity index (χ2v) is 8.85. The van der Waals surface area contributed by atoms with Gasteiger partial charge in [0.2, 0.25) is 10.0 Å². The minimum atomic E-state index is -4.16. The van der Waals surface area contributed by atoms with Gasteiger partial charge < -0.3 is 10.2 Å². The second kappa shape index (κ2) is 8.10. The van der Waals surface area contributed by atoms with Crippen LogP contribution in [-0.2, 0) is 14.8 Å². The number of nitrogens with zero attached hydrogens (tertiary/aromatic N) is 2. The van der Waals surface area contributed by atoms with E-state index in [9.17, 15) is 26.8 Å². The number of nitrogens with one attached hydrogen (secondary N) is 2. The number of benzene rings is 1. The lowest BCUT2D eigenvalue weighted by Crippen LogP contribution is -3.16. The third-order valence-corrected chi connectivity index (χ3v) is 6.92. The molecule has 0 unspecified atom stereocenters. The first-order valence-corrected chi connectivity index (χ1v) is 10.6. The summed E-state index contributed by atoms with van der Waals surface area (Å²) in [4.78, 5) is 25.7. The summed E-state index contributed by atoms with van der Waals surface area (Å²) < 4.78 is 53.6. The lowest BCUT2D eigenvalue weighted by atomic mass is 10.2. The van der Waals surface area contributed by atoms with Gasteiger partial charge in [0.1, 0.15) is 22.6 Å². The van der Waals surface area contributed by atoms with E-state index in [4.69, 9.17) is 0 Å². The van der Waals surface area contributed by atoms with E-state index >= 15 is 0 Å². The molecular formula is C17H23F2N4O4S+. The zero-order chi connectivity index (χ0) is 20.5. The van der Waals surface area contributed by atoms with Crippen LogP contribution in [-0.4, -0.2) is 68.5 Å². The van der Waals surface area contributed by atoms with E-state index in [1.165, 1.54) is 0 Å². The summed E-state index contributed by atoms with van der Waals surface area (Å²) in [6, 6.07) is 1.38. The average molecular weight is 417 g/mol. The third-order valence-electron chi connectivity index (χ3n) is 5.01. The maximum absolute atomic E-state index is 13.9. The molecule has 0 bridgehead atoms. The van der Waals surface area contributed by atoms with Gasteiger partial charge in [-0.1, -0.05) is 13.3 Å². The molecule has 1 aromatic rings. The number of halogens is 2. The number of sulfonamides is 1. The molecule has 11 heteroatoms. The third kappa shape index (κ3) is 4.01. The number of quaternary nitrogens is 1. The van der Waals surface area contributed by atoms with E-state index < -0.39 is 38.6 Å². The summed E-state index contributed by atoms with van der Waals surface area (Å²) in [5.41, 5.74) is 0. The summed E-state index contributed by atoms with van der Waals surface area (Å²) in [6.07, 6.45) is 1.34. The number of amides is 3. The van der Waals surface area contributed by atoms with Crippen LogP contribution >= 0.6 is 0 Å². The Balaban J connectivity index is 1.62. The van der Waals surface area contributed by atoms with Crippen molar-refractivity contribution in [2.75, 3.05) is 32.8 Å². The van der Waals surface area contributed by atoms with Gasteiger partial charge in [0.25, 0.3) is 5.91 Å². The van der Waals surface area contributed by atoms with Crippen molar-refractivity contribution in [2.45, 2.75) is 30.7 Å². The van der Waals surface area contributed by atoms with Crippen molar-refractivity contribution in [1.82, 2.24) is 14.5 Å². The molecule has 2 aliphatic rings. The number of piperazine rings is 1. The van der Waals surface area contributed by atoms with Crippen LogP contribution in [0.1, 0.15) is 19.8 Å². The fourth-order valence-corrected chi connectivity index (χ4v) is 4.97. The number of urea groups is 1. The molecule has 2 saturated heterocycles. The van der Waals surface area contributed by atoms with Gasteiger partial charge in [-0.3, -0.25) is 4.79 Å². The predicted octanol–water partition coefficient (Wildman–Crippen LogP) is -0.468. The van der Waals surface area contributed by atoms with E-state index in [0.29, 0.717) is 25.6 Å². The molecule has 8 nitrogen and oxygen atoms in total. The molecule has 3 rings (SSSR count). The number of rotatable bonds is 6. The van der Waals surface area contributed by atoms with Crippen LogP contribution in [0.15, 0.2) is 23.1 Å². The van der Waals surface area contributed by atoms with Crippen LogP contribution in [0.5, 0.6) is 0 Å². The molecule has 0 aliphatic carbocycles. The first kappa shape index (κ1) is 20.6. The summed E-state index contributed by atoms with van der Waals surface area (Å²) in [6.45, 7) is 2.91. The molecule has 0 radical (unpaired) electrons. The van der Waals surface area contributed by atoms with Gasteiger partial charge in [0.05, 0.1) is 26.2 Å². The van der Waals surface area contributed by atoms with Crippen molar-refractivity contribution >= 4 is 22.0 Å². The Morgan fingerprint density at radius 1 is 1.21 bits per heavy atom. The van der Waals surface area contributed by atoms with Gasteiger partial charge >= 0.3 is 6.03 Å². The highest BCUT2D eigenvalue weighted by molar-refractivity contribution is 7.89. The largest absolute Gasteiger partial charge is 0.329 e. The Kier molecular flexibility index (Phi) is 5.96. The number of carbonyl (C=O) groups excluding carboxylic acids is 2. The molecule has 0 spiro atoms. The molecule has 2 heterocycles. The highest BCUT2D eigenvalue weighted by Crippen LogP contribution is 2.20. The van der Waals surface area contributed by atoms with Crippen LogP contribution in [0.4, 0.5) is 13.6 Å². The highest BCUT2D eigenvalue weighted by atomic mass is 32.2. The SMILES string of the molecule is CCC[C@H]1NC(=O)N(C[NH+]2CCN(S(=O)(=O)c3cc(F)ccc3F)CC2)C1=O. The van der Waals surface area contributed by atoms with Gasteiger partial charge in [-0.2, -0.15) is 4.31 Å². The zero-order valence-corrected chi connectivity index (χ0v) is 16.3. The molecular weight excluding hydrogens is 394 g/mol. The highest BCUT2D eigenvalue weighted by Gasteiger charge is 2.40. The molecule has 2 fully saturated rings. The molecule has 3 amide bonds. The average Bonchev–Trinajstić information content (AvgIpc) is 2.92. The Morgan fingerprint density at radius 3 is 2.54 bits per heavy atom. The zero-order valence-electron chi connectivity index (χ0n) is 15.5. The van der Waals surface area contributed by atoms with E-state index in [1.54, 1.807) is 0 Å². The first-order chi connectivity index (χ1) is 13.2. The predicted molar refractivity (Wildman–Crippen MR) is 94.8 cm³/mol. The Morgan fingerprint density at radius 2 is 1.89 bits per heavy atom. The molecule has 1 aromatic carbocycles. The van der Waals surface area contributed by atoms with Crippen molar-refractivity contribution in [1.29, 1.82) is 0 Å². The van der Waals surface area contributed by atoms with Gasteiger partial charge in [-0.25, -0.2) is 26.9 Å². The topological polar surface area (TPSA) is 91.2 Å². The van der Waals surface area contributed by atoms with Crippen LogP contribution in [0.2, 0.25) is 0 Å². The number of hydrogen-bond donors (Lipinski definition) is 2. The van der Waals surface area contributed by atoms with Crippen LogP contribution in [0.3, 0.4) is 0 Å². The van der Waals surface area contributed by atoms with Crippen LogP contribution in [0.25, 0.3) is 0 Å². The quantitative estimate of drug-likeness (QED) is 0.613. The molecule has 2 aliphatic heterocycles. The van der Waals surface area contributed by atoms with E-state index in [2.05, 4.69) is 5.32 Å². The minimum absolute atomic E-state index is 0.0790. The molecule has 154 valence electrons. The number of hydrogen-bond acceptors (Lipinski definition) is 4. The first-order valence-electron chi connectivity index (χ1n) is 9.14. The lowest BCUT2D eigenvalue weighted by Gasteiger charge is -2.32. The smallest absolute Gasteiger partial charge is 0.326 e. The number of imide groups is 1. The molecule has 28 heavy (non-hydrogen) atoms. The van der Waals surface area contributed by atoms with Gasteiger partial charge in [0, 0.05) is 0 Å². The minimum Gasteiger partial charge on any atom is -0.326 e. The van der Waals surface area contributed by atoms with E-state index in [-0.39, 0.29) is 25.7 Å². The van der Waals surface area contributed by atoms with Crippen molar-refractivity contribution in [3.63, 3.8) is 0 Å². The second-order valence-electron chi connectivity index (χ2n) is 6.94. The molecule has 1 atom stereocenters. The molecule has 0 aromatic heterocycles. The van der Waals surface area contributed by atoms with Crippen molar-refractivity contribution < 1.29 is 31.7 Å². The van der Waals surface area contributed by atoms with Gasteiger partial charge in [-0.05, 0) is 24.6 Å². The van der Waals surface area contributed by atoms with Gasteiger partial charge in [-0.15, -0.1) is 0 Å². The summed E-state index contributed by atoms with van der Waals surface area (Å²) in [5, 5.41) is 2.65. The van der Waals surface area contributed by atoms with Crippen molar-refractivity contribution in [3.8, 4) is 0 Å². The standard InChI is InChI=1S/C17H22F2N4O4S/c1-2-3-14-16(24)23(17(25)20-14)11-21-6-8-22(9-7-21)28(26,27)15-10-12(18)4-5-13(15)19/h4-5,10,14H,2-3,6-9,11H2,1H3,(H,20,25)/p+1/t14-/m1/s1. The normalized spacial score (nSPS) is 22.0. The molecule has 0 saturated carbocycles. The summed E-state index contributed by atoms with van der Waals surface area (Å²) in [5.74, 6) is -2.10. The maximum atomic E-state index is 13.9. The Hall–Kier alpha value is -2.11. The monoisotopic (exact) mass is 417 g/mol. The number of carbonyl (C=O) groups is 2. The van der Waals surface area contributed by atoms with Crippen molar-refractivity contribution in [2.24, 2.45) is 0 Å². The fraction of sp³-hybridized carbons (Fsp3) is 0.529. The van der Waals surface area contributed by atoms with E-state index in [0.717, 1.165) is 32.7 Å². The summed E-state index contributed by atoms with van der Waals surface area (Å²) >= 11 is 0. The van der Waals surface area contributed by atoms with Crippen molar-refractivity contribution in [3.05, 3.63) is 29.8 Å². The summed E-state index contributed by atoms with van der Waals surface area (Å²) in [7, 11) is -4.16. The Bertz CT molecular complexity index is 872. The maximum Gasteiger partial charge on any atom is 0.329 e. The lowest BCUT2D eigenvalue weighted by molar-refractivity contribution is -0.910. The fourth-order valence-electron chi connectivity index (χ4n) is 3.45. The van der Waals surface area contributed by atoms with Crippen LogP contribution in [0, 0.1) is 11.6 Å². The van der Waals surface area contributed by atoms with Gasteiger partial charge in [0.15, 0.2) is 6.67 Å². The van der Waals surface area contributed by atoms with E-state index in [1.807, 2.05) is 6.92 Å². The van der Waals surface area contributed by atoms with Crippen LogP contribution < -0.4 is 10.2 Å².